The zero-order valence-electron chi connectivity index (χ0n) is 12.8. The lowest BCUT2D eigenvalue weighted by Gasteiger charge is -2.13. The maximum Gasteiger partial charge on any atom is 0.308 e. The average Bonchev–Trinajstić information content (AvgIpc) is 2.34. The first kappa shape index (κ1) is 17.5. The van der Waals surface area contributed by atoms with Gasteiger partial charge < -0.3 is 4.74 Å². The van der Waals surface area contributed by atoms with E-state index in [1.54, 1.807) is 0 Å². The molecule has 0 bridgehead atoms. The Hall–Kier alpha value is -0.530. The lowest BCUT2D eigenvalue weighted by atomic mass is 10.0. The molecule has 2 nitrogen and oxygen atoms in total. The molecule has 0 N–H and O–H groups in total. The first-order chi connectivity index (χ1) is 8.61. The van der Waals surface area contributed by atoms with Crippen LogP contribution in [0.2, 0.25) is 0 Å². The topological polar surface area (TPSA) is 26.3 Å². The van der Waals surface area contributed by atoms with Crippen LogP contribution in [-0.4, -0.2) is 12.6 Å². The van der Waals surface area contributed by atoms with Crippen LogP contribution < -0.4 is 0 Å². The Morgan fingerprint density at radius 1 is 1.00 bits per heavy atom. The molecule has 0 aromatic carbocycles. The SMILES string of the molecule is CCCC(CC)C(=O)OCCCCCCC(C)C. The second-order valence-corrected chi connectivity index (χ2v) is 5.66. The van der Waals surface area contributed by atoms with Gasteiger partial charge in [-0.25, -0.2) is 0 Å². The molecule has 2 heteroatoms. The van der Waals surface area contributed by atoms with E-state index in [1.165, 1.54) is 25.7 Å². The molecule has 0 aromatic heterocycles. The van der Waals surface area contributed by atoms with Crippen molar-refractivity contribution in [3.63, 3.8) is 0 Å². The molecule has 0 aliphatic rings. The molecule has 0 saturated heterocycles. The minimum Gasteiger partial charge on any atom is -0.465 e. The van der Waals surface area contributed by atoms with Crippen LogP contribution in [-0.2, 0) is 9.53 Å². The van der Waals surface area contributed by atoms with E-state index in [0.29, 0.717) is 6.61 Å². The third-order valence-corrected chi connectivity index (χ3v) is 3.38. The zero-order chi connectivity index (χ0) is 13.8. The van der Waals surface area contributed by atoms with Crippen molar-refractivity contribution in [2.24, 2.45) is 11.8 Å². The van der Waals surface area contributed by atoms with Gasteiger partial charge in [-0.2, -0.15) is 0 Å². The Labute approximate surface area is 113 Å². The summed E-state index contributed by atoms with van der Waals surface area (Å²) in [5.41, 5.74) is 0. The molecule has 0 fully saturated rings. The van der Waals surface area contributed by atoms with Crippen molar-refractivity contribution in [2.75, 3.05) is 6.61 Å². The third-order valence-electron chi connectivity index (χ3n) is 3.38. The van der Waals surface area contributed by atoms with E-state index in [-0.39, 0.29) is 11.9 Å². The molecule has 18 heavy (non-hydrogen) atoms. The van der Waals surface area contributed by atoms with Gasteiger partial charge in [0.15, 0.2) is 0 Å². The summed E-state index contributed by atoms with van der Waals surface area (Å²) >= 11 is 0. The zero-order valence-corrected chi connectivity index (χ0v) is 12.8. The summed E-state index contributed by atoms with van der Waals surface area (Å²) < 4.78 is 5.34. The summed E-state index contributed by atoms with van der Waals surface area (Å²) in [4.78, 5) is 11.7. The van der Waals surface area contributed by atoms with Crippen LogP contribution in [0.4, 0.5) is 0 Å². The van der Waals surface area contributed by atoms with E-state index in [0.717, 1.165) is 31.6 Å². The molecule has 0 aliphatic heterocycles. The van der Waals surface area contributed by atoms with Gasteiger partial charge in [0.05, 0.1) is 12.5 Å². The summed E-state index contributed by atoms with van der Waals surface area (Å²) in [5.74, 6) is 0.944. The quantitative estimate of drug-likeness (QED) is 0.385. The summed E-state index contributed by atoms with van der Waals surface area (Å²) in [6, 6.07) is 0. The Morgan fingerprint density at radius 3 is 2.22 bits per heavy atom. The number of esters is 1. The molecule has 0 amide bonds. The molecular formula is C16H32O2. The molecule has 0 aromatic rings. The maximum atomic E-state index is 11.7. The fraction of sp³-hybridized carbons (Fsp3) is 0.938. The van der Waals surface area contributed by atoms with Gasteiger partial charge in [-0.1, -0.05) is 59.8 Å². The lowest BCUT2D eigenvalue weighted by molar-refractivity contribution is -0.149. The molecule has 0 radical (unpaired) electrons. The highest BCUT2D eigenvalue weighted by Gasteiger charge is 2.16. The highest BCUT2D eigenvalue weighted by molar-refractivity contribution is 5.72. The fourth-order valence-electron chi connectivity index (χ4n) is 2.14. The number of ether oxygens (including phenoxy) is 1. The molecule has 0 heterocycles. The second kappa shape index (κ2) is 11.6. The summed E-state index contributed by atoms with van der Waals surface area (Å²) in [6.07, 6.45) is 9.01. The number of carbonyl (C=O) groups is 1. The fourth-order valence-corrected chi connectivity index (χ4v) is 2.14. The van der Waals surface area contributed by atoms with Crippen molar-refractivity contribution in [3.8, 4) is 0 Å². The van der Waals surface area contributed by atoms with E-state index in [2.05, 4.69) is 27.7 Å². The largest absolute Gasteiger partial charge is 0.465 e. The number of rotatable bonds is 11. The number of carbonyl (C=O) groups excluding carboxylic acids is 1. The van der Waals surface area contributed by atoms with Gasteiger partial charge in [0.2, 0.25) is 0 Å². The van der Waals surface area contributed by atoms with Crippen molar-refractivity contribution in [1.29, 1.82) is 0 Å². The minimum absolute atomic E-state index is 0.0153. The minimum atomic E-state index is 0.0153. The van der Waals surface area contributed by atoms with Crippen molar-refractivity contribution < 1.29 is 9.53 Å². The van der Waals surface area contributed by atoms with Gasteiger partial charge in [-0.3, -0.25) is 4.79 Å². The first-order valence-corrected chi connectivity index (χ1v) is 7.78. The van der Waals surface area contributed by atoms with Gasteiger partial charge in [-0.05, 0) is 25.2 Å². The lowest BCUT2D eigenvalue weighted by Crippen LogP contribution is -2.17. The van der Waals surface area contributed by atoms with Crippen LogP contribution in [0.25, 0.3) is 0 Å². The van der Waals surface area contributed by atoms with Crippen molar-refractivity contribution in [2.45, 2.75) is 79.1 Å². The summed E-state index contributed by atoms with van der Waals surface area (Å²) in [5, 5.41) is 0. The van der Waals surface area contributed by atoms with Crippen molar-refractivity contribution in [3.05, 3.63) is 0 Å². The van der Waals surface area contributed by atoms with E-state index in [9.17, 15) is 4.79 Å². The average molecular weight is 256 g/mol. The predicted octanol–water partition coefficient (Wildman–Crippen LogP) is 4.96. The number of hydrogen-bond donors (Lipinski definition) is 0. The third kappa shape index (κ3) is 9.49. The van der Waals surface area contributed by atoms with Crippen LogP contribution in [0.3, 0.4) is 0 Å². The van der Waals surface area contributed by atoms with Crippen LogP contribution in [0.1, 0.15) is 79.1 Å². The number of hydrogen-bond acceptors (Lipinski definition) is 2. The van der Waals surface area contributed by atoms with Crippen LogP contribution >= 0.6 is 0 Å². The predicted molar refractivity (Wildman–Crippen MR) is 77.6 cm³/mol. The first-order valence-electron chi connectivity index (χ1n) is 7.78. The second-order valence-electron chi connectivity index (χ2n) is 5.66. The summed E-state index contributed by atoms with van der Waals surface area (Å²) in [6.45, 7) is 9.32. The van der Waals surface area contributed by atoms with E-state index < -0.39 is 0 Å². The Balaban J connectivity index is 3.44. The molecule has 0 aliphatic carbocycles. The summed E-state index contributed by atoms with van der Waals surface area (Å²) in [7, 11) is 0. The molecular weight excluding hydrogens is 224 g/mol. The molecule has 0 saturated carbocycles. The Morgan fingerprint density at radius 2 is 1.67 bits per heavy atom. The van der Waals surface area contributed by atoms with Crippen LogP contribution in [0.5, 0.6) is 0 Å². The van der Waals surface area contributed by atoms with Crippen LogP contribution in [0, 0.1) is 11.8 Å². The molecule has 0 rings (SSSR count). The van der Waals surface area contributed by atoms with E-state index in [1.807, 2.05) is 0 Å². The molecule has 1 unspecified atom stereocenters. The highest BCUT2D eigenvalue weighted by Crippen LogP contribution is 2.13. The normalized spacial score (nSPS) is 12.7. The monoisotopic (exact) mass is 256 g/mol. The van der Waals surface area contributed by atoms with Gasteiger partial charge in [0.1, 0.15) is 0 Å². The molecule has 0 spiro atoms. The Kier molecular flexibility index (Phi) is 11.2. The standard InChI is InChI=1S/C16H32O2/c1-5-11-15(6-2)16(17)18-13-10-8-7-9-12-14(3)4/h14-15H,5-13H2,1-4H3. The maximum absolute atomic E-state index is 11.7. The van der Waals surface area contributed by atoms with E-state index in [4.69, 9.17) is 4.74 Å². The smallest absolute Gasteiger partial charge is 0.308 e. The van der Waals surface area contributed by atoms with E-state index >= 15 is 0 Å². The number of unbranched alkanes of at least 4 members (excludes halogenated alkanes) is 3. The van der Waals surface area contributed by atoms with Crippen molar-refractivity contribution >= 4 is 5.97 Å². The molecule has 1 atom stereocenters. The molecule has 108 valence electrons. The van der Waals surface area contributed by atoms with Gasteiger partial charge in [0, 0.05) is 0 Å². The van der Waals surface area contributed by atoms with Gasteiger partial charge in [-0.15, -0.1) is 0 Å². The Bertz CT molecular complexity index is 199. The van der Waals surface area contributed by atoms with Crippen molar-refractivity contribution in [1.82, 2.24) is 0 Å². The van der Waals surface area contributed by atoms with Crippen LogP contribution in [0.15, 0.2) is 0 Å². The van der Waals surface area contributed by atoms with Gasteiger partial charge >= 0.3 is 5.97 Å². The highest BCUT2D eigenvalue weighted by atomic mass is 16.5. The van der Waals surface area contributed by atoms with Gasteiger partial charge in [0.25, 0.3) is 0 Å².